The summed E-state index contributed by atoms with van der Waals surface area (Å²) < 4.78 is 48.7. The number of carbonyl (C=O) groups excluding carboxylic acids is 1. The van der Waals surface area contributed by atoms with E-state index < -0.39 is 17.7 Å². The lowest BCUT2D eigenvalue weighted by Gasteiger charge is -2.28. The van der Waals surface area contributed by atoms with Gasteiger partial charge in [-0.25, -0.2) is 9.78 Å². The molecule has 0 unspecified atom stereocenters. The summed E-state index contributed by atoms with van der Waals surface area (Å²) in [6.07, 6.45) is -2.96. The number of carbonyl (C=O) groups is 1. The molecule has 0 radical (unpaired) electrons. The molecule has 1 aromatic carbocycles. The lowest BCUT2D eigenvalue weighted by molar-refractivity contribution is -0.137. The summed E-state index contributed by atoms with van der Waals surface area (Å²) >= 11 is 0. The van der Waals surface area contributed by atoms with Crippen LogP contribution in [0.4, 0.5) is 19.0 Å². The molecule has 2 heterocycles. The standard InChI is InChI=1S/C17H15F3N2O3/c18-17(19,20)12-3-1-4-13(11-12)25-16(23)14-5-2-6-21-15(14)22-7-9-24-10-8-22/h1-6,11H,7-10H2. The molecule has 25 heavy (non-hydrogen) atoms. The topological polar surface area (TPSA) is 51.7 Å². The van der Waals surface area contributed by atoms with Crippen LogP contribution in [0.1, 0.15) is 15.9 Å². The smallest absolute Gasteiger partial charge is 0.416 e. The van der Waals surface area contributed by atoms with E-state index in [2.05, 4.69) is 4.98 Å². The summed E-state index contributed by atoms with van der Waals surface area (Å²) in [7, 11) is 0. The van der Waals surface area contributed by atoms with E-state index in [1.165, 1.54) is 18.2 Å². The van der Waals surface area contributed by atoms with Gasteiger partial charge >= 0.3 is 12.1 Å². The Morgan fingerprint density at radius 3 is 2.64 bits per heavy atom. The van der Waals surface area contributed by atoms with Crippen molar-refractivity contribution in [3.8, 4) is 5.75 Å². The van der Waals surface area contributed by atoms with Gasteiger partial charge in [-0.1, -0.05) is 6.07 Å². The molecule has 8 heteroatoms. The predicted octanol–water partition coefficient (Wildman–Crippen LogP) is 3.16. The highest BCUT2D eigenvalue weighted by molar-refractivity contribution is 5.96. The zero-order chi connectivity index (χ0) is 17.9. The number of anilines is 1. The number of hydrogen-bond donors (Lipinski definition) is 0. The van der Waals surface area contributed by atoms with E-state index in [0.29, 0.717) is 32.1 Å². The van der Waals surface area contributed by atoms with Crippen molar-refractivity contribution in [2.45, 2.75) is 6.18 Å². The van der Waals surface area contributed by atoms with Gasteiger partial charge in [0.05, 0.1) is 18.8 Å². The number of aromatic nitrogens is 1. The van der Waals surface area contributed by atoms with E-state index in [-0.39, 0.29) is 11.3 Å². The first-order valence-corrected chi connectivity index (χ1v) is 7.62. The maximum absolute atomic E-state index is 12.8. The Labute approximate surface area is 142 Å². The van der Waals surface area contributed by atoms with Crippen LogP contribution in [0.3, 0.4) is 0 Å². The fourth-order valence-corrected chi connectivity index (χ4v) is 2.48. The molecule has 3 rings (SSSR count). The Balaban J connectivity index is 1.82. The number of benzene rings is 1. The molecule has 0 aliphatic carbocycles. The van der Waals surface area contributed by atoms with Gasteiger partial charge < -0.3 is 14.4 Å². The lowest BCUT2D eigenvalue weighted by atomic mass is 10.2. The molecule has 0 atom stereocenters. The van der Waals surface area contributed by atoms with Crippen LogP contribution in [0.15, 0.2) is 42.6 Å². The number of rotatable bonds is 3. The molecular weight excluding hydrogens is 337 g/mol. The van der Waals surface area contributed by atoms with Gasteiger partial charge in [0.15, 0.2) is 0 Å². The number of esters is 1. The summed E-state index contributed by atoms with van der Waals surface area (Å²) in [5.41, 5.74) is -0.681. The van der Waals surface area contributed by atoms with Crippen LogP contribution in [-0.2, 0) is 10.9 Å². The van der Waals surface area contributed by atoms with Crippen molar-refractivity contribution < 1.29 is 27.4 Å². The van der Waals surface area contributed by atoms with Crippen LogP contribution in [0.25, 0.3) is 0 Å². The summed E-state index contributed by atoms with van der Waals surface area (Å²) in [6.45, 7) is 2.17. The summed E-state index contributed by atoms with van der Waals surface area (Å²) in [5, 5.41) is 0. The van der Waals surface area contributed by atoms with E-state index in [9.17, 15) is 18.0 Å². The molecule has 1 fully saturated rings. The number of morpholine rings is 1. The first-order chi connectivity index (χ1) is 11.9. The van der Waals surface area contributed by atoms with E-state index in [1.54, 1.807) is 12.3 Å². The van der Waals surface area contributed by atoms with Crippen molar-refractivity contribution in [3.63, 3.8) is 0 Å². The molecule has 1 saturated heterocycles. The second-order valence-electron chi connectivity index (χ2n) is 5.39. The molecule has 0 spiro atoms. The highest BCUT2D eigenvalue weighted by atomic mass is 19.4. The second-order valence-corrected chi connectivity index (χ2v) is 5.39. The molecule has 5 nitrogen and oxygen atoms in total. The van der Waals surface area contributed by atoms with Crippen molar-refractivity contribution >= 4 is 11.8 Å². The van der Waals surface area contributed by atoms with Crippen molar-refractivity contribution in [2.24, 2.45) is 0 Å². The third-order valence-electron chi connectivity index (χ3n) is 3.69. The van der Waals surface area contributed by atoms with Gasteiger partial charge in [-0.15, -0.1) is 0 Å². The molecule has 1 aliphatic rings. The predicted molar refractivity (Wildman–Crippen MR) is 83.7 cm³/mol. The first kappa shape index (κ1) is 17.2. The number of pyridine rings is 1. The van der Waals surface area contributed by atoms with Crippen LogP contribution < -0.4 is 9.64 Å². The zero-order valence-electron chi connectivity index (χ0n) is 13.1. The molecule has 132 valence electrons. The molecule has 0 amide bonds. The van der Waals surface area contributed by atoms with Crippen LogP contribution in [0, 0.1) is 0 Å². The molecule has 1 aromatic heterocycles. The second kappa shape index (κ2) is 7.10. The third kappa shape index (κ3) is 4.08. The average Bonchev–Trinajstić information content (AvgIpc) is 2.62. The fraction of sp³-hybridized carbons (Fsp3) is 0.294. The Hall–Kier alpha value is -2.61. The molecular formula is C17H15F3N2O3. The van der Waals surface area contributed by atoms with Crippen LogP contribution in [0.5, 0.6) is 5.75 Å². The van der Waals surface area contributed by atoms with Gasteiger partial charge in [0.2, 0.25) is 0 Å². The fourth-order valence-electron chi connectivity index (χ4n) is 2.48. The SMILES string of the molecule is O=C(Oc1cccc(C(F)(F)F)c1)c1cccnc1N1CCOCC1. The van der Waals surface area contributed by atoms with Crippen molar-refractivity contribution in [2.75, 3.05) is 31.2 Å². The Bertz CT molecular complexity index is 759. The van der Waals surface area contributed by atoms with E-state index in [4.69, 9.17) is 9.47 Å². The van der Waals surface area contributed by atoms with Crippen molar-refractivity contribution in [1.82, 2.24) is 4.98 Å². The highest BCUT2D eigenvalue weighted by Gasteiger charge is 2.31. The van der Waals surface area contributed by atoms with Crippen LogP contribution in [-0.4, -0.2) is 37.3 Å². The Morgan fingerprint density at radius 1 is 1.16 bits per heavy atom. The summed E-state index contributed by atoms with van der Waals surface area (Å²) in [4.78, 5) is 18.5. The van der Waals surface area contributed by atoms with E-state index >= 15 is 0 Å². The van der Waals surface area contributed by atoms with Crippen LogP contribution >= 0.6 is 0 Å². The number of alkyl halides is 3. The maximum atomic E-state index is 12.8. The Kier molecular flexibility index (Phi) is 4.89. The summed E-state index contributed by atoms with van der Waals surface area (Å²) in [5.74, 6) is -0.492. The van der Waals surface area contributed by atoms with Gasteiger partial charge in [0.25, 0.3) is 0 Å². The normalized spacial score (nSPS) is 15.1. The Morgan fingerprint density at radius 2 is 1.92 bits per heavy atom. The van der Waals surface area contributed by atoms with Crippen LogP contribution in [0.2, 0.25) is 0 Å². The molecule has 2 aromatic rings. The monoisotopic (exact) mass is 352 g/mol. The third-order valence-corrected chi connectivity index (χ3v) is 3.69. The van der Waals surface area contributed by atoms with E-state index in [0.717, 1.165) is 12.1 Å². The zero-order valence-corrected chi connectivity index (χ0v) is 13.1. The summed E-state index contributed by atoms with van der Waals surface area (Å²) in [6, 6.07) is 7.32. The molecule has 0 bridgehead atoms. The van der Waals surface area contributed by atoms with Crippen molar-refractivity contribution in [3.05, 3.63) is 53.7 Å². The minimum atomic E-state index is -4.50. The van der Waals surface area contributed by atoms with Crippen molar-refractivity contribution in [1.29, 1.82) is 0 Å². The molecule has 0 N–H and O–H groups in total. The van der Waals surface area contributed by atoms with Gasteiger partial charge in [0.1, 0.15) is 17.1 Å². The largest absolute Gasteiger partial charge is 0.423 e. The molecule has 0 saturated carbocycles. The highest BCUT2D eigenvalue weighted by Crippen LogP contribution is 2.31. The quantitative estimate of drug-likeness (QED) is 0.627. The number of hydrogen-bond acceptors (Lipinski definition) is 5. The number of nitrogens with zero attached hydrogens (tertiary/aromatic N) is 2. The number of ether oxygens (including phenoxy) is 2. The first-order valence-electron chi connectivity index (χ1n) is 7.62. The minimum absolute atomic E-state index is 0.170. The van der Waals surface area contributed by atoms with Gasteiger partial charge in [-0.3, -0.25) is 0 Å². The van der Waals surface area contributed by atoms with Gasteiger partial charge in [-0.05, 0) is 30.3 Å². The van der Waals surface area contributed by atoms with Gasteiger partial charge in [-0.2, -0.15) is 13.2 Å². The lowest BCUT2D eigenvalue weighted by Crippen LogP contribution is -2.37. The number of halogens is 3. The average molecular weight is 352 g/mol. The van der Waals surface area contributed by atoms with Gasteiger partial charge in [0, 0.05) is 19.3 Å². The minimum Gasteiger partial charge on any atom is -0.423 e. The molecule has 1 aliphatic heterocycles. The van der Waals surface area contributed by atoms with E-state index in [1.807, 2.05) is 4.90 Å². The maximum Gasteiger partial charge on any atom is 0.416 e.